The van der Waals surface area contributed by atoms with Gasteiger partial charge in [0.05, 0.1) is 0 Å². The fraction of sp³-hybridized carbons (Fsp3) is 0.278. The van der Waals surface area contributed by atoms with Crippen LogP contribution < -0.4 is 10.6 Å². The van der Waals surface area contributed by atoms with Crippen molar-refractivity contribution in [1.29, 1.82) is 0 Å². The smallest absolute Gasteiger partial charge is 0.236 e. The van der Waals surface area contributed by atoms with Gasteiger partial charge >= 0.3 is 0 Å². The Kier molecular flexibility index (Phi) is 4.39. The molecular formula is C18H21N3O. The second-order valence-electron chi connectivity index (χ2n) is 5.66. The fourth-order valence-corrected chi connectivity index (χ4v) is 2.97. The Morgan fingerprint density at radius 3 is 2.27 bits per heavy atom. The van der Waals surface area contributed by atoms with Gasteiger partial charge in [0, 0.05) is 31.9 Å². The molecule has 0 aromatic heterocycles. The molecule has 1 aliphatic heterocycles. The quantitative estimate of drug-likeness (QED) is 0.936. The second kappa shape index (κ2) is 6.62. The topological polar surface area (TPSA) is 49.6 Å². The van der Waals surface area contributed by atoms with Crippen molar-refractivity contribution in [3.63, 3.8) is 0 Å². The Morgan fingerprint density at radius 1 is 1.00 bits per heavy atom. The van der Waals surface area contributed by atoms with Crippen LogP contribution >= 0.6 is 0 Å². The van der Waals surface area contributed by atoms with Gasteiger partial charge in [-0.2, -0.15) is 0 Å². The first-order valence-corrected chi connectivity index (χ1v) is 7.61. The Bertz CT molecular complexity index is 615. The summed E-state index contributed by atoms with van der Waals surface area (Å²) >= 11 is 0. The molecule has 0 radical (unpaired) electrons. The van der Waals surface area contributed by atoms with Crippen molar-refractivity contribution in [2.75, 3.05) is 24.5 Å². The van der Waals surface area contributed by atoms with Crippen molar-refractivity contribution in [3.05, 3.63) is 66.2 Å². The number of primary amides is 1. The number of para-hydroxylation sites is 1. The van der Waals surface area contributed by atoms with E-state index < -0.39 is 0 Å². The maximum absolute atomic E-state index is 11.9. The van der Waals surface area contributed by atoms with Crippen molar-refractivity contribution in [2.24, 2.45) is 5.73 Å². The summed E-state index contributed by atoms with van der Waals surface area (Å²) in [6, 6.07) is 20.1. The highest BCUT2D eigenvalue weighted by atomic mass is 16.1. The molecule has 1 heterocycles. The molecule has 0 bridgehead atoms. The van der Waals surface area contributed by atoms with Crippen LogP contribution in [0, 0.1) is 0 Å². The van der Waals surface area contributed by atoms with Gasteiger partial charge in [-0.3, -0.25) is 9.69 Å². The van der Waals surface area contributed by atoms with E-state index in [-0.39, 0.29) is 11.9 Å². The maximum atomic E-state index is 11.9. The van der Waals surface area contributed by atoms with Crippen molar-refractivity contribution in [1.82, 2.24) is 4.90 Å². The Morgan fingerprint density at radius 2 is 1.64 bits per heavy atom. The highest BCUT2D eigenvalue weighted by molar-refractivity contribution is 5.81. The van der Waals surface area contributed by atoms with Gasteiger partial charge in [-0.15, -0.1) is 0 Å². The van der Waals surface area contributed by atoms with E-state index in [9.17, 15) is 4.79 Å². The number of amides is 1. The number of benzene rings is 2. The first-order chi connectivity index (χ1) is 10.7. The van der Waals surface area contributed by atoms with Crippen LogP contribution in [0.3, 0.4) is 0 Å². The Balaban J connectivity index is 1.73. The normalized spacial score (nSPS) is 19.1. The van der Waals surface area contributed by atoms with Gasteiger partial charge in [-0.25, -0.2) is 0 Å². The maximum Gasteiger partial charge on any atom is 0.236 e. The average Bonchev–Trinajstić information content (AvgIpc) is 2.57. The molecule has 0 aliphatic carbocycles. The molecule has 22 heavy (non-hydrogen) atoms. The number of hydrogen-bond donors (Lipinski definition) is 1. The van der Waals surface area contributed by atoms with Crippen molar-refractivity contribution >= 4 is 11.6 Å². The number of nitrogens with two attached hydrogens (primary N) is 1. The third-order valence-electron chi connectivity index (χ3n) is 4.17. The van der Waals surface area contributed by atoms with Crippen LogP contribution in [0.1, 0.15) is 5.56 Å². The highest BCUT2D eigenvalue weighted by Gasteiger charge is 2.30. The second-order valence-corrected chi connectivity index (χ2v) is 5.66. The van der Waals surface area contributed by atoms with Crippen LogP contribution in [0.15, 0.2) is 60.7 Å². The lowest BCUT2D eigenvalue weighted by Crippen LogP contribution is -2.57. The molecule has 114 valence electrons. The molecule has 3 rings (SSSR count). The van der Waals surface area contributed by atoms with Crippen LogP contribution in [0.2, 0.25) is 0 Å². The fourth-order valence-electron chi connectivity index (χ4n) is 2.97. The SMILES string of the molecule is NC(=O)C1CN(c2ccccc2)CCN1Cc1ccccc1. The predicted molar refractivity (Wildman–Crippen MR) is 88.5 cm³/mol. The summed E-state index contributed by atoms with van der Waals surface area (Å²) in [5.41, 5.74) is 8.00. The highest BCUT2D eigenvalue weighted by Crippen LogP contribution is 2.20. The minimum Gasteiger partial charge on any atom is -0.368 e. The van der Waals surface area contributed by atoms with E-state index in [4.69, 9.17) is 5.73 Å². The zero-order chi connectivity index (χ0) is 15.4. The summed E-state index contributed by atoms with van der Waals surface area (Å²) in [5.74, 6) is -0.253. The van der Waals surface area contributed by atoms with Gasteiger partial charge in [0.15, 0.2) is 0 Å². The minimum atomic E-state index is -0.255. The number of anilines is 1. The summed E-state index contributed by atoms with van der Waals surface area (Å²) in [6.45, 7) is 3.14. The van der Waals surface area contributed by atoms with Crippen LogP contribution in [0.25, 0.3) is 0 Å². The predicted octanol–water partition coefficient (Wildman–Crippen LogP) is 1.86. The van der Waals surface area contributed by atoms with E-state index in [0.717, 1.165) is 25.3 Å². The van der Waals surface area contributed by atoms with Gasteiger partial charge in [0.25, 0.3) is 0 Å². The van der Waals surface area contributed by atoms with Gasteiger partial charge in [-0.05, 0) is 17.7 Å². The summed E-state index contributed by atoms with van der Waals surface area (Å²) < 4.78 is 0. The minimum absolute atomic E-state index is 0.253. The lowest BCUT2D eigenvalue weighted by Gasteiger charge is -2.41. The monoisotopic (exact) mass is 295 g/mol. The van der Waals surface area contributed by atoms with Gasteiger partial charge in [0.2, 0.25) is 5.91 Å². The summed E-state index contributed by atoms with van der Waals surface area (Å²) in [7, 11) is 0. The molecule has 1 atom stereocenters. The summed E-state index contributed by atoms with van der Waals surface area (Å²) in [5, 5.41) is 0. The third kappa shape index (κ3) is 3.28. The molecule has 2 aromatic carbocycles. The van der Waals surface area contributed by atoms with E-state index >= 15 is 0 Å². The third-order valence-corrected chi connectivity index (χ3v) is 4.17. The number of nitrogens with zero attached hydrogens (tertiary/aromatic N) is 2. The summed E-state index contributed by atoms with van der Waals surface area (Å²) in [4.78, 5) is 16.3. The molecule has 2 aromatic rings. The largest absolute Gasteiger partial charge is 0.368 e. The first-order valence-electron chi connectivity index (χ1n) is 7.61. The van der Waals surface area contributed by atoms with Crippen LogP contribution in [-0.2, 0) is 11.3 Å². The molecule has 1 fully saturated rings. The summed E-state index contributed by atoms with van der Waals surface area (Å²) in [6.07, 6.45) is 0. The number of carbonyl (C=O) groups excluding carboxylic acids is 1. The molecule has 0 spiro atoms. The van der Waals surface area contributed by atoms with E-state index in [0.29, 0.717) is 6.54 Å². The number of hydrogen-bond acceptors (Lipinski definition) is 3. The van der Waals surface area contributed by atoms with Gasteiger partial charge in [-0.1, -0.05) is 48.5 Å². The standard InChI is InChI=1S/C18H21N3O/c19-18(22)17-14-20(16-9-5-2-6-10-16)11-12-21(17)13-15-7-3-1-4-8-15/h1-10,17H,11-14H2,(H2,19,22). The molecular weight excluding hydrogens is 274 g/mol. The zero-order valence-corrected chi connectivity index (χ0v) is 12.6. The van der Waals surface area contributed by atoms with Gasteiger partial charge < -0.3 is 10.6 Å². The first kappa shape index (κ1) is 14.6. The van der Waals surface area contributed by atoms with Crippen molar-refractivity contribution in [3.8, 4) is 0 Å². The molecule has 1 unspecified atom stereocenters. The number of piperazine rings is 1. The lowest BCUT2D eigenvalue weighted by atomic mass is 10.1. The molecule has 1 amide bonds. The van der Waals surface area contributed by atoms with Crippen molar-refractivity contribution in [2.45, 2.75) is 12.6 Å². The lowest BCUT2D eigenvalue weighted by molar-refractivity contribution is -0.123. The van der Waals surface area contributed by atoms with Gasteiger partial charge in [0.1, 0.15) is 6.04 Å². The molecule has 0 saturated carbocycles. The Hall–Kier alpha value is -2.33. The van der Waals surface area contributed by atoms with Crippen LogP contribution in [0.5, 0.6) is 0 Å². The van der Waals surface area contributed by atoms with Crippen LogP contribution in [0.4, 0.5) is 5.69 Å². The number of carbonyl (C=O) groups is 1. The molecule has 2 N–H and O–H groups in total. The zero-order valence-electron chi connectivity index (χ0n) is 12.6. The van der Waals surface area contributed by atoms with E-state index in [1.165, 1.54) is 5.56 Å². The molecule has 1 saturated heterocycles. The average molecular weight is 295 g/mol. The Labute approximate surface area is 131 Å². The van der Waals surface area contributed by atoms with E-state index in [1.807, 2.05) is 36.4 Å². The van der Waals surface area contributed by atoms with Crippen LogP contribution in [-0.4, -0.2) is 36.5 Å². The molecule has 1 aliphatic rings. The van der Waals surface area contributed by atoms with E-state index in [2.05, 4.69) is 34.1 Å². The van der Waals surface area contributed by atoms with E-state index in [1.54, 1.807) is 0 Å². The molecule has 4 heteroatoms. The molecule has 4 nitrogen and oxygen atoms in total. The number of rotatable bonds is 4. The van der Waals surface area contributed by atoms with Crippen molar-refractivity contribution < 1.29 is 4.79 Å².